The minimum absolute atomic E-state index is 0.134. The molecule has 168 valence electrons. The van der Waals surface area contributed by atoms with E-state index in [4.69, 9.17) is 4.74 Å². The third-order valence-electron chi connectivity index (χ3n) is 6.28. The molecule has 2 aliphatic rings. The van der Waals surface area contributed by atoms with Crippen molar-refractivity contribution in [2.24, 2.45) is 5.92 Å². The van der Waals surface area contributed by atoms with E-state index in [0.717, 1.165) is 36.9 Å². The second kappa shape index (κ2) is 9.60. The van der Waals surface area contributed by atoms with Crippen LogP contribution in [0.25, 0.3) is 0 Å². The Bertz CT molecular complexity index is 1010. The van der Waals surface area contributed by atoms with Crippen LogP contribution in [0, 0.1) is 12.8 Å². The minimum atomic E-state index is -0.571. The standard InChI is InChI=1S/C27H32N2O3/c1-4-14-28-26(30)24(5-2)32-22-12-11-19-13-15-29(27(31)20-9-10-20)25(23(19)17-22)21-8-6-7-18(3)16-21/h4,6-8,11-12,16-17,20,24-25H,1,5,9-10,13-15H2,2-3H3,(H,28,30). The quantitative estimate of drug-likeness (QED) is 0.632. The van der Waals surface area contributed by atoms with Gasteiger partial charge in [-0.15, -0.1) is 6.58 Å². The maximum atomic E-state index is 13.2. The molecular formula is C27H32N2O3. The summed E-state index contributed by atoms with van der Waals surface area (Å²) in [5, 5.41) is 2.81. The van der Waals surface area contributed by atoms with Crippen LogP contribution >= 0.6 is 0 Å². The molecule has 0 aromatic heterocycles. The van der Waals surface area contributed by atoms with Gasteiger partial charge in [-0.1, -0.05) is 48.9 Å². The average molecular weight is 433 g/mol. The second-order valence-corrected chi connectivity index (χ2v) is 8.78. The zero-order chi connectivity index (χ0) is 22.7. The average Bonchev–Trinajstić information content (AvgIpc) is 3.65. The van der Waals surface area contributed by atoms with Crippen LogP contribution in [0.4, 0.5) is 0 Å². The summed E-state index contributed by atoms with van der Waals surface area (Å²) in [6, 6.07) is 14.3. The Morgan fingerprint density at radius 2 is 2.06 bits per heavy atom. The van der Waals surface area contributed by atoms with E-state index < -0.39 is 6.10 Å². The Morgan fingerprint density at radius 3 is 2.75 bits per heavy atom. The van der Waals surface area contributed by atoms with Crippen molar-refractivity contribution in [3.63, 3.8) is 0 Å². The van der Waals surface area contributed by atoms with Gasteiger partial charge in [0.2, 0.25) is 5.91 Å². The molecular weight excluding hydrogens is 400 g/mol. The number of aryl methyl sites for hydroxylation is 1. The largest absolute Gasteiger partial charge is 0.481 e. The third-order valence-corrected chi connectivity index (χ3v) is 6.28. The highest BCUT2D eigenvalue weighted by Gasteiger charge is 2.39. The van der Waals surface area contributed by atoms with Crippen LogP contribution in [0.5, 0.6) is 5.75 Å². The Labute approximate surface area is 190 Å². The van der Waals surface area contributed by atoms with Gasteiger partial charge in [-0.25, -0.2) is 0 Å². The van der Waals surface area contributed by atoms with Crippen molar-refractivity contribution in [3.8, 4) is 5.75 Å². The predicted molar refractivity (Wildman–Crippen MR) is 126 cm³/mol. The molecule has 2 amide bonds. The Kier molecular flexibility index (Phi) is 6.63. The van der Waals surface area contributed by atoms with Crippen molar-refractivity contribution in [3.05, 3.63) is 77.4 Å². The van der Waals surface area contributed by atoms with Gasteiger partial charge >= 0.3 is 0 Å². The Hall–Kier alpha value is -3.08. The van der Waals surface area contributed by atoms with Crippen LogP contribution in [0.2, 0.25) is 0 Å². The number of rotatable bonds is 8. The molecule has 0 spiro atoms. The van der Waals surface area contributed by atoms with Crippen LogP contribution in [-0.4, -0.2) is 35.9 Å². The summed E-state index contributed by atoms with van der Waals surface area (Å²) >= 11 is 0. The molecule has 2 aromatic carbocycles. The molecule has 1 saturated carbocycles. The van der Waals surface area contributed by atoms with Crippen LogP contribution in [-0.2, 0) is 16.0 Å². The first kappa shape index (κ1) is 22.1. The first-order chi connectivity index (χ1) is 15.5. The van der Waals surface area contributed by atoms with Gasteiger partial charge in [0, 0.05) is 19.0 Å². The zero-order valence-electron chi connectivity index (χ0n) is 19.0. The molecule has 32 heavy (non-hydrogen) atoms. The minimum Gasteiger partial charge on any atom is -0.481 e. The number of fused-ring (bicyclic) bond motifs is 1. The SMILES string of the molecule is C=CCNC(=O)C(CC)Oc1ccc2c(c1)C(c1cccc(C)c1)N(C(=O)C1CC1)CC2. The van der Waals surface area contributed by atoms with Gasteiger partial charge in [-0.05, 0) is 61.4 Å². The molecule has 0 bridgehead atoms. The number of nitrogens with zero attached hydrogens (tertiary/aromatic N) is 1. The number of carbonyl (C=O) groups excluding carboxylic acids is 2. The van der Waals surface area contributed by atoms with E-state index in [9.17, 15) is 9.59 Å². The highest BCUT2D eigenvalue weighted by atomic mass is 16.5. The fourth-order valence-corrected chi connectivity index (χ4v) is 4.44. The number of hydrogen-bond donors (Lipinski definition) is 1. The summed E-state index contributed by atoms with van der Waals surface area (Å²) in [5.74, 6) is 0.929. The van der Waals surface area contributed by atoms with Gasteiger partial charge in [-0.3, -0.25) is 9.59 Å². The van der Waals surface area contributed by atoms with E-state index >= 15 is 0 Å². The summed E-state index contributed by atoms with van der Waals surface area (Å²) in [4.78, 5) is 27.7. The normalized spacial score (nSPS) is 18.4. The number of amides is 2. The molecule has 1 heterocycles. The third kappa shape index (κ3) is 4.72. The van der Waals surface area contributed by atoms with Crippen molar-refractivity contribution in [2.45, 2.75) is 51.7 Å². The van der Waals surface area contributed by atoms with E-state index in [1.54, 1.807) is 6.08 Å². The summed E-state index contributed by atoms with van der Waals surface area (Å²) in [5.41, 5.74) is 4.61. The number of hydrogen-bond acceptors (Lipinski definition) is 3. The Balaban J connectivity index is 1.68. The molecule has 1 aliphatic heterocycles. The van der Waals surface area contributed by atoms with Gasteiger partial charge in [0.1, 0.15) is 5.75 Å². The summed E-state index contributed by atoms with van der Waals surface area (Å²) < 4.78 is 6.10. The molecule has 2 aromatic rings. The van der Waals surface area contributed by atoms with Crippen molar-refractivity contribution in [1.29, 1.82) is 0 Å². The zero-order valence-corrected chi connectivity index (χ0v) is 19.0. The molecule has 1 fully saturated rings. The molecule has 5 heteroatoms. The lowest BCUT2D eigenvalue weighted by atomic mass is 9.87. The van der Waals surface area contributed by atoms with Gasteiger partial charge in [0.25, 0.3) is 5.91 Å². The summed E-state index contributed by atoms with van der Waals surface area (Å²) in [6.45, 7) is 8.79. The number of ether oxygens (including phenoxy) is 1. The van der Waals surface area contributed by atoms with Crippen LogP contribution < -0.4 is 10.1 Å². The predicted octanol–water partition coefficient (Wildman–Crippen LogP) is 4.34. The van der Waals surface area contributed by atoms with E-state index in [1.165, 1.54) is 11.1 Å². The lowest BCUT2D eigenvalue weighted by Crippen LogP contribution is -2.41. The molecule has 2 unspecified atom stereocenters. The fraction of sp³-hybridized carbons (Fsp3) is 0.407. The molecule has 2 atom stereocenters. The monoisotopic (exact) mass is 432 g/mol. The first-order valence-corrected chi connectivity index (χ1v) is 11.6. The maximum absolute atomic E-state index is 13.2. The van der Waals surface area contributed by atoms with E-state index in [-0.39, 0.29) is 23.8 Å². The maximum Gasteiger partial charge on any atom is 0.261 e. The lowest BCUT2D eigenvalue weighted by Gasteiger charge is -2.38. The van der Waals surface area contributed by atoms with Crippen molar-refractivity contribution in [2.75, 3.05) is 13.1 Å². The van der Waals surface area contributed by atoms with E-state index in [1.807, 2.05) is 24.0 Å². The van der Waals surface area contributed by atoms with E-state index in [0.29, 0.717) is 18.7 Å². The van der Waals surface area contributed by atoms with Crippen LogP contribution in [0.3, 0.4) is 0 Å². The summed E-state index contributed by atoms with van der Waals surface area (Å²) in [7, 11) is 0. The van der Waals surface area contributed by atoms with Gasteiger partial charge in [-0.2, -0.15) is 0 Å². The highest BCUT2D eigenvalue weighted by molar-refractivity contribution is 5.82. The number of nitrogens with one attached hydrogen (secondary N) is 1. The van der Waals surface area contributed by atoms with E-state index in [2.05, 4.69) is 49.2 Å². The van der Waals surface area contributed by atoms with Crippen molar-refractivity contribution >= 4 is 11.8 Å². The molecule has 1 N–H and O–H groups in total. The smallest absolute Gasteiger partial charge is 0.261 e. The van der Waals surface area contributed by atoms with Crippen molar-refractivity contribution < 1.29 is 14.3 Å². The van der Waals surface area contributed by atoms with Gasteiger partial charge < -0.3 is 15.0 Å². The van der Waals surface area contributed by atoms with Gasteiger partial charge in [0.05, 0.1) is 6.04 Å². The van der Waals surface area contributed by atoms with Crippen LogP contribution in [0.1, 0.15) is 54.5 Å². The van der Waals surface area contributed by atoms with Gasteiger partial charge in [0.15, 0.2) is 6.10 Å². The number of carbonyl (C=O) groups is 2. The topological polar surface area (TPSA) is 58.6 Å². The molecule has 1 aliphatic carbocycles. The molecule has 0 radical (unpaired) electrons. The Morgan fingerprint density at radius 1 is 1.25 bits per heavy atom. The molecule has 5 nitrogen and oxygen atoms in total. The number of benzene rings is 2. The lowest BCUT2D eigenvalue weighted by molar-refractivity contribution is -0.134. The second-order valence-electron chi connectivity index (χ2n) is 8.78. The highest BCUT2D eigenvalue weighted by Crippen LogP contribution is 2.41. The molecule has 4 rings (SSSR count). The fourth-order valence-electron chi connectivity index (χ4n) is 4.44. The van der Waals surface area contributed by atoms with Crippen molar-refractivity contribution in [1.82, 2.24) is 10.2 Å². The van der Waals surface area contributed by atoms with Crippen LogP contribution in [0.15, 0.2) is 55.1 Å². The summed E-state index contributed by atoms with van der Waals surface area (Å²) in [6.07, 6.45) is 4.45. The first-order valence-electron chi connectivity index (χ1n) is 11.6. The molecule has 0 saturated heterocycles.